The van der Waals surface area contributed by atoms with Gasteiger partial charge in [-0.2, -0.15) is 0 Å². The van der Waals surface area contributed by atoms with E-state index in [1.54, 1.807) is 18.2 Å². The van der Waals surface area contributed by atoms with Crippen molar-refractivity contribution in [2.45, 2.75) is 5.88 Å². The van der Waals surface area contributed by atoms with E-state index >= 15 is 0 Å². The molecule has 0 bridgehead atoms. The second-order valence-electron chi connectivity index (χ2n) is 3.20. The number of hydrogen-bond acceptors (Lipinski definition) is 3. The van der Waals surface area contributed by atoms with Crippen molar-refractivity contribution in [2.24, 2.45) is 0 Å². The Morgan fingerprint density at radius 3 is 3.06 bits per heavy atom. The molecule has 0 fully saturated rings. The van der Waals surface area contributed by atoms with E-state index in [-0.39, 0.29) is 5.91 Å². The molecule has 0 atom stereocenters. The van der Waals surface area contributed by atoms with Gasteiger partial charge < -0.3 is 9.84 Å². The van der Waals surface area contributed by atoms with Gasteiger partial charge in [0.2, 0.25) is 0 Å². The van der Waals surface area contributed by atoms with Gasteiger partial charge in [-0.25, -0.2) is 0 Å². The first kappa shape index (κ1) is 10.7. The second-order valence-corrected chi connectivity index (χ2v) is 3.47. The zero-order valence-electron chi connectivity index (χ0n) is 8.31. The number of rotatable bonds is 3. The molecular formula is C11H9ClN2O2. The topological polar surface area (TPSA) is 55.1 Å². The second kappa shape index (κ2) is 4.81. The molecule has 0 saturated heterocycles. The quantitative estimate of drug-likeness (QED) is 0.834. The normalized spacial score (nSPS) is 10.1. The van der Waals surface area contributed by atoms with E-state index in [2.05, 4.69) is 15.0 Å². The van der Waals surface area contributed by atoms with Crippen LogP contribution < -0.4 is 5.32 Å². The van der Waals surface area contributed by atoms with Gasteiger partial charge in [0.15, 0.2) is 0 Å². The first-order chi connectivity index (χ1) is 7.79. The van der Waals surface area contributed by atoms with E-state index in [1.807, 2.05) is 6.07 Å². The number of carbonyl (C=O) groups is 1. The van der Waals surface area contributed by atoms with Crippen molar-refractivity contribution in [3.63, 3.8) is 0 Å². The summed E-state index contributed by atoms with van der Waals surface area (Å²) in [6.45, 7) is 0. The van der Waals surface area contributed by atoms with Gasteiger partial charge in [0, 0.05) is 11.4 Å². The minimum Gasteiger partial charge on any atom is -0.363 e. The maximum absolute atomic E-state index is 11.8. The molecule has 5 heteroatoms. The summed E-state index contributed by atoms with van der Waals surface area (Å²) in [5, 5.41) is 6.14. The average molecular weight is 237 g/mol. The molecule has 0 spiro atoms. The number of benzene rings is 1. The van der Waals surface area contributed by atoms with E-state index in [1.165, 1.54) is 12.5 Å². The van der Waals surface area contributed by atoms with Crippen LogP contribution >= 0.6 is 11.6 Å². The molecule has 1 amide bonds. The lowest BCUT2D eigenvalue weighted by molar-refractivity contribution is 0.102. The molecule has 1 aromatic carbocycles. The van der Waals surface area contributed by atoms with Gasteiger partial charge in [-0.05, 0) is 17.7 Å². The Bertz CT molecular complexity index is 482. The van der Waals surface area contributed by atoms with Crippen molar-refractivity contribution in [3.8, 4) is 0 Å². The first-order valence-corrected chi connectivity index (χ1v) is 5.18. The van der Waals surface area contributed by atoms with E-state index in [4.69, 9.17) is 11.6 Å². The van der Waals surface area contributed by atoms with Crippen LogP contribution in [0.2, 0.25) is 0 Å². The van der Waals surface area contributed by atoms with Gasteiger partial charge in [0.25, 0.3) is 5.91 Å². The summed E-state index contributed by atoms with van der Waals surface area (Å²) >= 11 is 5.69. The molecular weight excluding hydrogens is 228 g/mol. The number of amides is 1. The van der Waals surface area contributed by atoms with Crippen LogP contribution in [0.3, 0.4) is 0 Å². The summed E-state index contributed by atoms with van der Waals surface area (Å²) in [6, 6.07) is 7.12. The van der Waals surface area contributed by atoms with Crippen LogP contribution in [0.4, 0.5) is 5.69 Å². The monoisotopic (exact) mass is 236 g/mol. The fourth-order valence-corrected chi connectivity index (χ4v) is 1.43. The molecule has 0 aliphatic carbocycles. The summed E-state index contributed by atoms with van der Waals surface area (Å²) in [7, 11) is 0. The zero-order chi connectivity index (χ0) is 11.4. The fourth-order valence-electron chi connectivity index (χ4n) is 1.27. The van der Waals surface area contributed by atoms with Gasteiger partial charge in [0.1, 0.15) is 12.0 Å². The number of anilines is 1. The third-order valence-corrected chi connectivity index (χ3v) is 2.34. The van der Waals surface area contributed by atoms with Crippen LogP contribution in [-0.2, 0) is 5.88 Å². The van der Waals surface area contributed by atoms with Crippen LogP contribution in [0.15, 0.2) is 41.2 Å². The van der Waals surface area contributed by atoms with Gasteiger partial charge in [-0.1, -0.05) is 17.3 Å². The number of halogens is 1. The largest absolute Gasteiger partial charge is 0.363 e. The Labute approximate surface area is 97.2 Å². The van der Waals surface area contributed by atoms with Gasteiger partial charge in [0.05, 0.1) is 6.20 Å². The highest BCUT2D eigenvalue weighted by atomic mass is 35.5. The summed E-state index contributed by atoms with van der Waals surface area (Å²) in [5.41, 5.74) is 1.99. The van der Waals surface area contributed by atoms with E-state index in [0.717, 1.165) is 5.56 Å². The van der Waals surface area contributed by atoms with Crippen LogP contribution in [-0.4, -0.2) is 11.1 Å². The molecule has 82 valence electrons. The molecule has 2 aromatic rings. The maximum Gasteiger partial charge on any atom is 0.255 e. The number of aromatic nitrogens is 1. The summed E-state index contributed by atoms with van der Waals surface area (Å²) in [4.78, 5) is 11.8. The fraction of sp³-hybridized carbons (Fsp3) is 0.0909. The lowest BCUT2D eigenvalue weighted by Crippen LogP contribution is -2.11. The third-order valence-electron chi connectivity index (χ3n) is 2.03. The van der Waals surface area contributed by atoms with E-state index in [9.17, 15) is 4.79 Å². The van der Waals surface area contributed by atoms with Crippen LogP contribution in [0.1, 0.15) is 15.9 Å². The molecule has 1 N–H and O–H groups in total. The number of carbonyl (C=O) groups excluding carboxylic acids is 1. The SMILES string of the molecule is O=C(Nc1cnoc1)c1cccc(CCl)c1. The Balaban J connectivity index is 2.14. The predicted molar refractivity (Wildman–Crippen MR) is 60.5 cm³/mol. The summed E-state index contributed by atoms with van der Waals surface area (Å²) in [6.07, 6.45) is 2.80. The van der Waals surface area contributed by atoms with E-state index < -0.39 is 0 Å². The predicted octanol–water partition coefficient (Wildman–Crippen LogP) is 2.67. The molecule has 4 nitrogen and oxygen atoms in total. The summed E-state index contributed by atoms with van der Waals surface area (Å²) in [5.74, 6) is 0.171. The van der Waals surface area contributed by atoms with Crippen molar-refractivity contribution in [1.29, 1.82) is 0 Å². The van der Waals surface area contributed by atoms with Crippen molar-refractivity contribution in [2.75, 3.05) is 5.32 Å². The highest BCUT2D eigenvalue weighted by Crippen LogP contribution is 2.11. The minimum atomic E-state index is -0.213. The molecule has 1 heterocycles. The highest BCUT2D eigenvalue weighted by molar-refractivity contribution is 6.17. The maximum atomic E-state index is 11.8. The zero-order valence-corrected chi connectivity index (χ0v) is 9.07. The highest BCUT2D eigenvalue weighted by Gasteiger charge is 2.07. The van der Waals surface area contributed by atoms with Crippen molar-refractivity contribution in [1.82, 2.24) is 5.16 Å². The molecule has 0 aliphatic heterocycles. The average Bonchev–Trinajstić information content (AvgIpc) is 2.82. The lowest BCUT2D eigenvalue weighted by Gasteiger charge is -2.03. The molecule has 0 saturated carbocycles. The van der Waals surface area contributed by atoms with Gasteiger partial charge in [-0.3, -0.25) is 4.79 Å². The van der Waals surface area contributed by atoms with Gasteiger partial charge in [-0.15, -0.1) is 11.6 Å². The number of nitrogens with zero attached hydrogens (tertiary/aromatic N) is 1. The van der Waals surface area contributed by atoms with Crippen molar-refractivity contribution >= 4 is 23.2 Å². The molecule has 0 aliphatic rings. The summed E-state index contributed by atoms with van der Waals surface area (Å²) < 4.78 is 4.61. The molecule has 0 radical (unpaired) electrons. The molecule has 16 heavy (non-hydrogen) atoms. The van der Waals surface area contributed by atoms with Crippen molar-refractivity contribution < 1.29 is 9.32 Å². The van der Waals surface area contributed by atoms with E-state index in [0.29, 0.717) is 17.1 Å². The van der Waals surface area contributed by atoms with Crippen molar-refractivity contribution in [3.05, 3.63) is 47.9 Å². The first-order valence-electron chi connectivity index (χ1n) is 4.65. The van der Waals surface area contributed by atoms with Crippen LogP contribution in [0.25, 0.3) is 0 Å². The Kier molecular flexibility index (Phi) is 3.22. The van der Waals surface area contributed by atoms with Crippen LogP contribution in [0, 0.1) is 0 Å². The molecule has 1 aromatic heterocycles. The lowest BCUT2D eigenvalue weighted by atomic mass is 10.1. The van der Waals surface area contributed by atoms with Gasteiger partial charge >= 0.3 is 0 Å². The number of nitrogens with one attached hydrogen (secondary N) is 1. The Morgan fingerprint density at radius 1 is 1.50 bits per heavy atom. The number of hydrogen-bond donors (Lipinski definition) is 1. The smallest absolute Gasteiger partial charge is 0.255 e. The molecule has 2 rings (SSSR count). The Hall–Kier alpha value is -1.81. The third kappa shape index (κ3) is 2.41. The minimum absolute atomic E-state index is 0.213. The number of alkyl halides is 1. The van der Waals surface area contributed by atoms with Crippen LogP contribution in [0.5, 0.6) is 0 Å². The standard InChI is InChI=1S/C11H9ClN2O2/c12-5-8-2-1-3-9(4-8)11(15)14-10-6-13-16-7-10/h1-4,6-7H,5H2,(H,14,15). The Morgan fingerprint density at radius 2 is 2.38 bits per heavy atom. The molecule has 0 unspecified atom stereocenters.